The molecule has 2 heteroatoms. The van der Waals surface area contributed by atoms with Gasteiger partial charge in [-0.25, -0.2) is 0 Å². The van der Waals surface area contributed by atoms with Crippen LogP contribution in [0.2, 0.25) is 0 Å². The van der Waals surface area contributed by atoms with Gasteiger partial charge in [0.1, 0.15) is 0 Å². The molecule has 1 aliphatic rings. The third kappa shape index (κ3) is 3.06. The van der Waals surface area contributed by atoms with E-state index < -0.39 is 0 Å². The minimum Gasteiger partial charge on any atom is -0.311 e. The maximum absolute atomic E-state index is 3.59. The van der Waals surface area contributed by atoms with Gasteiger partial charge in [-0.05, 0) is 11.5 Å². The summed E-state index contributed by atoms with van der Waals surface area (Å²) < 4.78 is 0. The molecule has 0 spiro atoms. The Bertz CT molecular complexity index is 308. The van der Waals surface area contributed by atoms with Crippen LogP contribution in [0.5, 0.6) is 0 Å². The van der Waals surface area contributed by atoms with Crippen LogP contribution >= 0.6 is 0 Å². The van der Waals surface area contributed by atoms with Crippen molar-refractivity contribution >= 4 is 0 Å². The third-order valence-corrected chi connectivity index (χ3v) is 3.34. The molecule has 1 aromatic carbocycles. The van der Waals surface area contributed by atoms with Crippen LogP contribution < -0.4 is 5.32 Å². The second-order valence-corrected chi connectivity index (χ2v) is 5.03. The van der Waals surface area contributed by atoms with Gasteiger partial charge in [0.05, 0.1) is 0 Å². The quantitative estimate of drug-likeness (QED) is 0.836. The Morgan fingerprint density at radius 2 is 2.06 bits per heavy atom. The Morgan fingerprint density at radius 3 is 2.75 bits per heavy atom. The van der Waals surface area contributed by atoms with Crippen molar-refractivity contribution in [1.82, 2.24) is 10.2 Å². The molecule has 0 bridgehead atoms. The molecule has 16 heavy (non-hydrogen) atoms. The van der Waals surface area contributed by atoms with E-state index >= 15 is 0 Å². The zero-order valence-electron chi connectivity index (χ0n) is 10.3. The molecule has 1 heterocycles. The highest BCUT2D eigenvalue weighted by atomic mass is 15.2. The van der Waals surface area contributed by atoms with Crippen LogP contribution in [-0.4, -0.2) is 30.6 Å². The summed E-state index contributed by atoms with van der Waals surface area (Å²) in [7, 11) is 0. The van der Waals surface area contributed by atoms with Crippen molar-refractivity contribution in [2.75, 3.05) is 19.6 Å². The van der Waals surface area contributed by atoms with Crippen molar-refractivity contribution in [1.29, 1.82) is 0 Å². The summed E-state index contributed by atoms with van der Waals surface area (Å²) in [6.07, 6.45) is 0. The van der Waals surface area contributed by atoms with Crippen molar-refractivity contribution in [3.8, 4) is 0 Å². The first kappa shape index (κ1) is 11.6. The maximum atomic E-state index is 3.59. The van der Waals surface area contributed by atoms with Gasteiger partial charge in [-0.1, -0.05) is 44.2 Å². The lowest BCUT2D eigenvalue weighted by molar-refractivity contribution is 0.168. The molecule has 0 saturated carbocycles. The van der Waals surface area contributed by atoms with Crippen molar-refractivity contribution < 1.29 is 0 Å². The highest BCUT2D eigenvalue weighted by molar-refractivity contribution is 5.14. The van der Waals surface area contributed by atoms with E-state index in [9.17, 15) is 0 Å². The number of nitrogens with zero attached hydrogens (tertiary/aromatic N) is 1. The molecule has 2 rings (SSSR count). The molecule has 0 radical (unpaired) electrons. The molecule has 1 saturated heterocycles. The van der Waals surface area contributed by atoms with Gasteiger partial charge in [-0.2, -0.15) is 0 Å². The summed E-state index contributed by atoms with van der Waals surface area (Å²) in [5.41, 5.74) is 1.42. The van der Waals surface area contributed by atoms with Crippen molar-refractivity contribution in [3.63, 3.8) is 0 Å². The zero-order chi connectivity index (χ0) is 11.4. The van der Waals surface area contributed by atoms with Gasteiger partial charge in [0.15, 0.2) is 0 Å². The number of benzene rings is 1. The second kappa shape index (κ2) is 5.46. The molecule has 1 N–H and O–H groups in total. The van der Waals surface area contributed by atoms with Crippen molar-refractivity contribution in [3.05, 3.63) is 35.9 Å². The molecule has 0 amide bonds. The van der Waals surface area contributed by atoms with E-state index in [1.165, 1.54) is 12.1 Å². The van der Waals surface area contributed by atoms with Gasteiger partial charge in [0.25, 0.3) is 0 Å². The molecule has 0 aliphatic carbocycles. The van der Waals surface area contributed by atoms with Crippen LogP contribution in [0.25, 0.3) is 0 Å². The minimum atomic E-state index is 0.650. The molecule has 1 aromatic rings. The Morgan fingerprint density at radius 1 is 1.31 bits per heavy atom. The zero-order valence-corrected chi connectivity index (χ0v) is 10.3. The van der Waals surface area contributed by atoms with E-state index in [2.05, 4.69) is 54.4 Å². The molecule has 0 unspecified atom stereocenters. The van der Waals surface area contributed by atoms with E-state index in [1.54, 1.807) is 0 Å². The average molecular weight is 218 g/mol. The summed E-state index contributed by atoms with van der Waals surface area (Å²) in [5.74, 6) is 0.721. The van der Waals surface area contributed by atoms with Crippen LogP contribution in [0.1, 0.15) is 19.4 Å². The van der Waals surface area contributed by atoms with Crippen LogP contribution in [0, 0.1) is 5.92 Å². The molecule has 2 nitrogen and oxygen atoms in total. The lowest BCUT2D eigenvalue weighted by Crippen LogP contribution is -2.52. The first-order valence-electron chi connectivity index (χ1n) is 6.25. The number of nitrogens with one attached hydrogen (secondary N) is 1. The number of hydrogen-bond donors (Lipinski definition) is 1. The molecule has 1 aliphatic heterocycles. The number of piperazine rings is 1. The summed E-state index contributed by atoms with van der Waals surface area (Å²) in [4.78, 5) is 2.55. The fourth-order valence-electron chi connectivity index (χ4n) is 2.27. The molecular weight excluding hydrogens is 196 g/mol. The number of rotatable bonds is 3. The van der Waals surface area contributed by atoms with Gasteiger partial charge in [-0.3, -0.25) is 4.90 Å². The summed E-state index contributed by atoms with van der Waals surface area (Å²) in [6, 6.07) is 11.4. The Kier molecular flexibility index (Phi) is 3.97. The molecule has 0 aromatic heterocycles. The lowest BCUT2D eigenvalue weighted by atomic mass is 10.0. The van der Waals surface area contributed by atoms with Gasteiger partial charge < -0.3 is 5.32 Å². The Balaban J connectivity index is 1.90. The molecular formula is C14H22N2. The van der Waals surface area contributed by atoms with Gasteiger partial charge in [-0.15, -0.1) is 0 Å². The minimum absolute atomic E-state index is 0.650. The normalized spacial score (nSPS) is 22.6. The predicted octanol–water partition coefficient (Wildman–Crippen LogP) is 2.12. The van der Waals surface area contributed by atoms with E-state index in [4.69, 9.17) is 0 Å². The average Bonchev–Trinajstić information content (AvgIpc) is 2.30. The maximum Gasteiger partial charge on any atom is 0.0234 e. The molecule has 88 valence electrons. The number of hydrogen-bond acceptors (Lipinski definition) is 2. The van der Waals surface area contributed by atoms with Crippen LogP contribution in [-0.2, 0) is 6.54 Å². The monoisotopic (exact) mass is 218 g/mol. The SMILES string of the molecule is CC(C)[C@H]1CN(Cc2ccccc2)CCN1. The largest absolute Gasteiger partial charge is 0.311 e. The van der Waals surface area contributed by atoms with E-state index in [0.29, 0.717) is 6.04 Å². The summed E-state index contributed by atoms with van der Waals surface area (Å²) in [5, 5.41) is 3.59. The lowest BCUT2D eigenvalue weighted by Gasteiger charge is -2.35. The fourth-order valence-corrected chi connectivity index (χ4v) is 2.27. The summed E-state index contributed by atoms with van der Waals surface area (Å²) in [6.45, 7) is 9.14. The Labute approximate surface area is 98.7 Å². The van der Waals surface area contributed by atoms with Crippen LogP contribution in [0.15, 0.2) is 30.3 Å². The second-order valence-electron chi connectivity index (χ2n) is 5.03. The van der Waals surface area contributed by atoms with E-state index in [0.717, 1.165) is 25.6 Å². The van der Waals surface area contributed by atoms with Crippen LogP contribution in [0.4, 0.5) is 0 Å². The summed E-state index contributed by atoms with van der Waals surface area (Å²) >= 11 is 0. The molecule has 1 fully saturated rings. The van der Waals surface area contributed by atoms with E-state index in [-0.39, 0.29) is 0 Å². The smallest absolute Gasteiger partial charge is 0.0234 e. The highest BCUT2D eigenvalue weighted by Gasteiger charge is 2.21. The fraction of sp³-hybridized carbons (Fsp3) is 0.571. The topological polar surface area (TPSA) is 15.3 Å². The van der Waals surface area contributed by atoms with Gasteiger partial charge >= 0.3 is 0 Å². The predicted molar refractivity (Wildman–Crippen MR) is 68.3 cm³/mol. The highest BCUT2D eigenvalue weighted by Crippen LogP contribution is 2.11. The first-order valence-corrected chi connectivity index (χ1v) is 6.25. The standard InChI is InChI=1S/C14H22N2/c1-12(2)14-11-16(9-8-15-14)10-13-6-4-3-5-7-13/h3-7,12,14-15H,8-11H2,1-2H3/t14-/m1/s1. The first-order chi connectivity index (χ1) is 7.75. The van der Waals surface area contributed by atoms with Crippen molar-refractivity contribution in [2.45, 2.75) is 26.4 Å². The van der Waals surface area contributed by atoms with Gasteiger partial charge in [0, 0.05) is 32.2 Å². The molecule has 1 atom stereocenters. The van der Waals surface area contributed by atoms with E-state index in [1.807, 2.05) is 0 Å². The third-order valence-electron chi connectivity index (χ3n) is 3.34. The van der Waals surface area contributed by atoms with Crippen molar-refractivity contribution in [2.24, 2.45) is 5.92 Å². The van der Waals surface area contributed by atoms with Crippen LogP contribution in [0.3, 0.4) is 0 Å². The van der Waals surface area contributed by atoms with Gasteiger partial charge in [0.2, 0.25) is 0 Å². The Hall–Kier alpha value is -0.860.